The van der Waals surface area contributed by atoms with Gasteiger partial charge >= 0.3 is 0 Å². The fourth-order valence-electron chi connectivity index (χ4n) is 3.15. The first kappa shape index (κ1) is 20.7. The molecule has 1 aromatic heterocycles. The Morgan fingerprint density at radius 1 is 1.07 bits per heavy atom. The van der Waals surface area contributed by atoms with Crippen LogP contribution in [0.5, 0.6) is 17.2 Å². The van der Waals surface area contributed by atoms with Crippen molar-refractivity contribution in [1.82, 2.24) is 15.5 Å². The standard InChI is InChI=1S/C22H27N3O4/c1-15(17-8-5-6-9-18(17)26)23-13-7-3-4-10-21-24-22(25-29-21)16-11-12-19(27)20(14-16)28-2/h5-6,8-9,11-12,14-15,23,26-27H,3-4,7,10,13H2,1-2H3. The van der Waals surface area contributed by atoms with E-state index in [1.807, 2.05) is 25.1 Å². The summed E-state index contributed by atoms with van der Waals surface area (Å²) in [4.78, 5) is 4.42. The van der Waals surface area contributed by atoms with Crippen LogP contribution >= 0.6 is 0 Å². The number of hydrogen-bond acceptors (Lipinski definition) is 7. The number of hydrogen-bond donors (Lipinski definition) is 3. The molecule has 1 heterocycles. The third-order valence-electron chi connectivity index (χ3n) is 4.83. The highest BCUT2D eigenvalue weighted by atomic mass is 16.5. The van der Waals surface area contributed by atoms with Gasteiger partial charge in [-0.1, -0.05) is 29.8 Å². The Bertz CT molecular complexity index is 926. The minimum Gasteiger partial charge on any atom is -0.508 e. The van der Waals surface area contributed by atoms with Gasteiger partial charge in [0, 0.05) is 23.6 Å². The van der Waals surface area contributed by atoms with Gasteiger partial charge in [0.2, 0.25) is 11.7 Å². The van der Waals surface area contributed by atoms with E-state index in [-0.39, 0.29) is 11.8 Å². The number of nitrogens with zero attached hydrogens (tertiary/aromatic N) is 2. The average Bonchev–Trinajstić information content (AvgIpc) is 3.20. The summed E-state index contributed by atoms with van der Waals surface area (Å²) in [5.41, 5.74) is 1.65. The van der Waals surface area contributed by atoms with E-state index >= 15 is 0 Å². The number of benzene rings is 2. The van der Waals surface area contributed by atoms with E-state index in [1.165, 1.54) is 7.11 Å². The van der Waals surface area contributed by atoms with Crippen LogP contribution in [0, 0.1) is 0 Å². The number of unbranched alkanes of at least 4 members (excludes halogenated alkanes) is 2. The predicted molar refractivity (Wildman–Crippen MR) is 110 cm³/mol. The fraction of sp³-hybridized carbons (Fsp3) is 0.364. The van der Waals surface area contributed by atoms with Crippen molar-refractivity contribution in [2.45, 2.75) is 38.6 Å². The number of ether oxygens (including phenoxy) is 1. The molecule has 0 spiro atoms. The topological polar surface area (TPSA) is 101 Å². The molecule has 0 saturated heterocycles. The van der Waals surface area contributed by atoms with Gasteiger partial charge < -0.3 is 24.8 Å². The highest BCUT2D eigenvalue weighted by Gasteiger charge is 2.12. The van der Waals surface area contributed by atoms with Crippen molar-refractivity contribution in [1.29, 1.82) is 0 Å². The van der Waals surface area contributed by atoms with Gasteiger partial charge in [0.05, 0.1) is 7.11 Å². The first-order valence-electron chi connectivity index (χ1n) is 9.79. The second kappa shape index (κ2) is 9.93. The fourth-order valence-corrected chi connectivity index (χ4v) is 3.15. The number of phenolic OH excluding ortho intramolecular Hbond substituents is 2. The first-order valence-corrected chi connectivity index (χ1v) is 9.79. The molecule has 0 saturated carbocycles. The lowest BCUT2D eigenvalue weighted by molar-refractivity contribution is 0.371. The SMILES string of the molecule is COc1cc(-c2noc(CCCCCNC(C)c3ccccc3O)n2)ccc1O. The normalized spacial score (nSPS) is 12.1. The molecule has 29 heavy (non-hydrogen) atoms. The van der Waals surface area contributed by atoms with Crippen LogP contribution in [-0.2, 0) is 6.42 Å². The second-order valence-electron chi connectivity index (χ2n) is 6.94. The Labute approximate surface area is 170 Å². The zero-order valence-electron chi connectivity index (χ0n) is 16.8. The van der Waals surface area contributed by atoms with E-state index in [0.717, 1.165) is 43.4 Å². The van der Waals surface area contributed by atoms with Crippen molar-refractivity contribution >= 4 is 0 Å². The Morgan fingerprint density at radius 3 is 2.69 bits per heavy atom. The van der Waals surface area contributed by atoms with Crippen LogP contribution in [0.15, 0.2) is 47.0 Å². The number of phenols is 2. The van der Waals surface area contributed by atoms with Crippen molar-refractivity contribution in [2.24, 2.45) is 0 Å². The molecule has 0 aliphatic heterocycles. The highest BCUT2D eigenvalue weighted by Crippen LogP contribution is 2.30. The Kier molecular flexibility index (Phi) is 7.08. The van der Waals surface area contributed by atoms with Crippen LogP contribution in [-0.4, -0.2) is 34.0 Å². The van der Waals surface area contributed by atoms with E-state index in [4.69, 9.17) is 9.26 Å². The summed E-state index contributed by atoms with van der Waals surface area (Å²) < 4.78 is 10.4. The van der Waals surface area contributed by atoms with Gasteiger partial charge in [-0.25, -0.2) is 0 Å². The number of rotatable bonds is 10. The third-order valence-corrected chi connectivity index (χ3v) is 4.83. The molecule has 3 N–H and O–H groups in total. The molecule has 0 aliphatic carbocycles. The summed E-state index contributed by atoms with van der Waals surface area (Å²) in [6, 6.07) is 12.5. The second-order valence-corrected chi connectivity index (χ2v) is 6.94. The molecule has 7 nitrogen and oxygen atoms in total. The summed E-state index contributed by atoms with van der Waals surface area (Å²) in [6.45, 7) is 2.92. The van der Waals surface area contributed by atoms with Crippen LogP contribution in [0.4, 0.5) is 0 Å². The lowest BCUT2D eigenvalue weighted by Crippen LogP contribution is -2.19. The van der Waals surface area contributed by atoms with E-state index in [9.17, 15) is 10.2 Å². The summed E-state index contributed by atoms with van der Waals surface area (Å²) in [7, 11) is 1.50. The molecule has 0 bridgehead atoms. The molecular weight excluding hydrogens is 370 g/mol. The van der Waals surface area contributed by atoms with Gasteiger partial charge in [-0.15, -0.1) is 0 Å². The van der Waals surface area contributed by atoms with Gasteiger partial charge in [-0.2, -0.15) is 4.98 Å². The number of para-hydroxylation sites is 1. The molecule has 3 aromatic rings. The summed E-state index contributed by atoms with van der Waals surface area (Å²) in [5, 5.41) is 27.0. The van der Waals surface area contributed by atoms with Crippen LogP contribution in [0.2, 0.25) is 0 Å². The Hall–Kier alpha value is -3.06. The maximum absolute atomic E-state index is 9.89. The van der Waals surface area contributed by atoms with E-state index < -0.39 is 0 Å². The minimum absolute atomic E-state index is 0.0744. The van der Waals surface area contributed by atoms with E-state index in [1.54, 1.807) is 24.3 Å². The van der Waals surface area contributed by atoms with Crippen LogP contribution in [0.25, 0.3) is 11.4 Å². The van der Waals surface area contributed by atoms with Gasteiger partial charge in [0.1, 0.15) is 5.75 Å². The third kappa shape index (κ3) is 5.48. The van der Waals surface area contributed by atoms with Crippen molar-refractivity contribution in [3.63, 3.8) is 0 Å². The molecule has 7 heteroatoms. The Balaban J connectivity index is 1.40. The van der Waals surface area contributed by atoms with Crippen LogP contribution in [0.3, 0.4) is 0 Å². The van der Waals surface area contributed by atoms with Gasteiger partial charge in [0.25, 0.3) is 0 Å². The first-order chi connectivity index (χ1) is 14.1. The summed E-state index contributed by atoms with van der Waals surface area (Å²) in [6.07, 6.45) is 3.73. The predicted octanol–water partition coefficient (Wildman–Crippen LogP) is 4.22. The maximum atomic E-state index is 9.89. The molecule has 0 radical (unpaired) electrons. The molecular formula is C22H27N3O4. The van der Waals surface area contributed by atoms with Crippen molar-refractivity contribution in [3.8, 4) is 28.6 Å². The van der Waals surface area contributed by atoms with Crippen LogP contribution < -0.4 is 10.1 Å². The zero-order valence-corrected chi connectivity index (χ0v) is 16.8. The molecule has 1 unspecified atom stereocenters. The Morgan fingerprint density at radius 2 is 1.90 bits per heavy atom. The maximum Gasteiger partial charge on any atom is 0.226 e. The molecule has 1 atom stereocenters. The van der Waals surface area contributed by atoms with Crippen molar-refractivity contribution in [3.05, 3.63) is 53.9 Å². The van der Waals surface area contributed by atoms with E-state index in [0.29, 0.717) is 23.2 Å². The number of aromatic hydroxyl groups is 2. The number of aryl methyl sites for hydroxylation is 1. The molecule has 0 aliphatic rings. The summed E-state index contributed by atoms with van der Waals surface area (Å²) in [5.74, 6) is 1.86. The highest BCUT2D eigenvalue weighted by molar-refractivity contribution is 5.60. The quantitative estimate of drug-likeness (QED) is 0.440. The van der Waals surface area contributed by atoms with E-state index in [2.05, 4.69) is 15.5 Å². The minimum atomic E-state index is 0.0744. The lowest BCUT2D eigenvalue weighted by atomic mass is 10.1. The summed E-state index contributed by atoms with van der Waals surface area (Å²) >= 11 is 0. The number of aromatic nitrogens is 2. The number of methoxy groups -OCH3 is 1. The molecule has 3 rings (SSSR count). The number of nitrogens with one attached hydrogen (secondary N) is 1. The molecule has 0 fully saturated rings. The van der Waals surface area contributed by atoms with Gasteiger partial charge in [-0.05, 0) is 50.6 Å². The van der Waals surface area contributed by atoms with Crippen LogP contribution in [0.1, 0.15) is 43.7 Å². The molecule has 2 aromatic carbocycles. The lowest BCUT2D eigenvalue weighted by Gasteiger charge is -2.15. The largest absolute Gasteiger partial charge is 0.508 e. The smallest absolute Gasteiger partial charge is 0.226 e. The molecule has 154 valence electrons. The average molecular weight is 397 g/mol. The monoisotopic (exact) mass is 397 g/mol. The van der Waals surface area contributed by atoms with Crippen molar-refractivity contribution < 1.29 is 19.5 Å². The zero-order chi connectivity index (χ0) is 20.6. The molecule has 0 amide bonds. The van der Waals surface area contributed by atoms with Crippen molar-refractivity contribution in [2.75, 3.05) is 13.7 Å². The van der Waals surface area contributed by atoms with Gasteiger partial charge in [-0.3, -0.25) is 0 Å². The van der Waals surface area contributed by atoms with Gasteiger partial charge in [0.15, 0.2) is 11.5 Å².